The van der Waals surface area contributed by atoms with Gasteiger partial charge in [0.2, 0.25) is 0 Å². The van der Waals surface area contributed by atoms with Crippen LogP contribution in [0.1, 0.15) is 0 Å². The predicted octanol–water partition coefficient (Wildman–Crippen LogP) is 1.99. The molecule has 0 fully saturated rings. The number of carbonyl (C=O) groups excluding carboxylic acids is 1. The number of amides is 2. The van der Waals surface area contributed by atoms with Gasteiger partial charge < -0.3 is 5.73 Å². The van der Waals surface area contributed by atoms with Crippen molar-refractivity contribution in [3.63, 3.8) is 0 Å². The maximum Gasteiger partial charge on any atom is 0.418 e. The first kappa shape index (κ1) is 10.0. The molecule has 13 heavy (non-hydrogen) atoms. The molecule has 0 heterocycles. The number of quaternary nitrogens is 1. The van der Waals surface area contributed by atoms with Crippen molar-refractivity contribution in [2.75, 3.05) is 14.1 Å². The number of hydrogen-bond donors (Lipinski definition) is 1. The van der Waals surface area contributed by atoms with Crippen LogP contribution in [0.15, 0.2) is 24.3 Å². The highest BCUT2D eigenvalue weighted by Crippen LogP contribution is 2.20. The zero-order valence-corrected chi connectivity index (χ0v) is 8.38. The van der Waals surface area contributed by atoms with E-state index in [9.17, 15) is 4.79 Å². The molecule has 0 aliphatic rings. The predicted molar refractivity (Wildman–Crippen MR) is 54.7 cm³/mol. The third-order valence-corrected chi connectivity index (χ3v) is 2.28. The van der Waals surface area contributed by atoms with E-state index in [1.165, 1.54) is 0 Å². The van der Waals surface area contributed by atoms with Crippen molar-refractivity contribution in [1.29, 1.82) is 0 Å². The summed E-state index contributed by atoms with van der Waals surface area (Å²) >= 11 is 5.72. The Bertz CT molecular complexity index is 319. The van der Waals surface area contributed by atoms with E-state index >= 15 is 0 Å². The summed E-state index contributed by atoms with van der Waals surface area (Å²) in [5, 5.41) is 0.647. The van der Waals surface area contributed by atoms with Crippen LogP contribution >= 0.6 is 11.6 Å². The highest BCUT2D eigenvalue weighted by Gasteiger charge is 2.25. The van der Waals surface area contributed by atoms with Crippen LogP contribution in [0.2, 0.25) is 5.02 Å². The Labute approximate surface area is 82.3 Å². The summed E-state index contributed by atoms with van der Waals surface area (Å²) in [5.74, 6) is 0. The number of carbonyl (C=O) groups is 1. The zero-order chi connectivity index (χ0) is 10.1. The van der Waals surface area contributed by atoms with Crippen LogP contribution in [0, 0.1) is 0 Å². The number of hydrogen-bond acceptors (Lipinski definition) is 1. The molecule has 0 radical (unpaired) electrons. The summed E-state index contributed by atoms with van der Waals surface area (Å²) in [6, 6.07) is 6.64. The number of urea groups is 1. The van der Waals surface area contributed by atoms with Crippen molar-refractivity contribution in [3.8, 4) is 0 Å². The van der Waals surface area contributed by atoms with Crippen LogP contribution in [-0.4, -0.2) is 20.1 Å². The minimum absolute atomic E-state index is 0.0250. The molecular formula is C9H12ClN2O+. The van der Waals surface area contributed by atoms with Gasteiger partial charge in [-0.1, -0.05) is 11.6 Å². The van der Waals surface area contributed by atoms with E-state index in [2.05, 4.69) is 0 Å². The van der Waals surface area contributed by atoms with Crippen LogP contribution in [0.25, 0.3) is 0 Å². The summed E-state index contributed by atoms with van der Waals surface area (Å²) in [5.41, 5.74) is 6.06. The van der Waals surface area contributed by atoms with Gasteiger partial charge in [-0.3, -0.25) is 0 Å². The lowest BCUT2D eigenvalue weighted by Gasteiger charge is -2.23. The van der Waals surface area contributed by atoms with Gasteiger partial charge in [-0.2, -0.15) is 0 Å². The summed E-state index contributed by atoms with van der Waals surface area (Å²) in [6.45, 7) is 0. The van der Waals surface area contributed by atoms with Gasteiger partial charge in [-0.25, -0.2) is 9.28 Å². The number of rotatable bonds is 1. The lowest BCUT2D eigenvalue weighted by Crippen LogP contribution is -2.50. The topological polar surface area (TPSA) is 43.1 Å². The van der Waals surface area contributed by atoms with Crippen LogP contribution < -0.4 is 10.2 Å². The van der Waals surface area contributed by atoms with Crippen molar-refractivity contribution < 1.29 is 4.79 Å². The van der Waals surface area contributed by atoms with Gasteiger partial charge in [0.15, 0.2) is 0 Å². The molecular weight excluding hydrogens is 188 g/mol. The fourth-order valence-electron chi connectivity index (χ4n) is 0.941. The molecule has 1 aromatic rings. The lowest BCUT2D eigenvalue weighted by molar-refractivity contribution is 0.227. The molecule has 0 atom stereocenters. The van der Waals surface area contributed by atoms with Crippen molar-refractivity contribution >= 4 is 23.3 Å². The third kappa shape index (κ3) is 1.99. The average molecular weight is 200 g/mol. The molecule has 0 bridgehead atoms. The van der Waals surface area contributed by atoms with Gasteiger partial charge in [-0.05, 0) is 12.1 Å². The molecule has 0 aliphatic carbocycles. The minimum Gasteiger partial charge on any atom is -0.319 e. The Morgan fingerprint density at radius 2 is 1.77 bits per heavy atom. The van der Waals surface area contributed by atoms with Crippen molar-refractivity contribution in [2.45, 2.75) is 0 Å². The summed E-state index contributed by atoms with van der Waals surface area (Å²) in [4.78, 5) is 11.1. The Hall–Kier alpha value is -1.06. The number of primary amides is 1. The lowest BCUT2D eigenvalue weighted by atomic mass is 10.3. The maximum atomic E-state index is 11.1. The van der Waals surface area contributed by atoms with E-state index in [1.54, 1.807) is 38.4 Å². The summed E-state index contributed by atoms with van der Waals surface area (Å²) < 4.78 is 0.0250. The smallest absolute Gasteiger partial charge is 0.319 e. The Morgan fingerprint density at radius 3 is 2.15 bits per heavy atom. The number of nitrogens with zero attached hydrogens (tertiary/aromatic N) is 1. The molecule has 0 saturated carbocycles. The Balaban J connectivity index is 3.08. The van der Waals surface area contributed by atoms with Crippen LogP contribution in [-0.2, 0) is 0 Å². The van der Waals surface area contributed by atoms with E-state index in [0.717, 1.165) is 5.69 Å². The molecule has 2 N–H and O–H groups in total. The quantitative estimate of drug-likeness (QED) is 0.691. The van der Waals surface area contributed by atoms with E-state index in [4.69, 9.17) is 17.3 Å². The third-order valence-electron chi connectivity index (χ3n) is 2.02. The first-order valence-corrected chi connectivity index (χ1v) is 4.22. The van der Waals surface area contributed by atoms with Gasteiger partial charge in [0.25, 0.3) is 0 Å². The van der Waals surface area contributed by atoms with Crippen molar-refractivity contribution in [2.24, 2.45) is 5.73 Å². The normalized spacial score (nSPS) is 11.3. The summed E-state index contributed by atoms with van der Waals surface area (Å²) in [7, 11) is 3.46. The number of benzene rings is 1. The van der Waals surface area contributed by atoms with Gasteiger partial charge in [-0.15, -0.1) is 0 Å². The van der Waals surface area contributed by atoms with Gasteiger partial charge >= 0.3 is 6.03 Å². The van der Waals surface area contributed by atoms with E-state index in [-0.39, 0.29) is 4.48 Å². The van der Waals surface area contributed by atoms with Gasteiger partial charge in [0.1, 0.15) is 5.69 Å². The van der Waals surface area contributed by atoms with E-state index < -0.39 is 6.03 Å². The molecule has 1 rings (SSSR count). The highest BCUT2D eigenvalue weighted by atomic mass is 35.5. The van der Waals surface area contributed by atoms with Gasteiger partial charge in [0.05, 0.1) is 14.1 Å². The monoisotopic (exact) mass is 199 g/mol. The number of nitrogens with two attached hydrogens (primary N) is 1. The zero-order valence-electron chi connectivity index (χ0n) is 7.62. The molecule has 3 nitrogen and oxygen atoms in total. The minimum atomic E-state index is -0.401. The van der Waals surface area contributed by atoms with E-state index in [0.29, 0.717) is 5.02 Å². The second kappa shape index (κ2) is 3.36. The largest absolute Gasteiger partial charge is 0.418 e. The molecule has 0 saturated heterocycles. The van der Waals surface area contributed by atoms with Gasteiger partial charge in [0, 0.05) is 17.2 Å². The second-order valence-electron chi connectivity index (χ2n) is 3.27. The maximum absolute atomic E-state index is 11.1. The molecule has 0 spiro atoms. The fourth-order valence-corrected chi connectivity index (χ4v) is 1.07. The second-order valence-corrected chi connectivity index (χ2v) is 3.70. The molecule has 0 aliphatic heterocycles. The molecule has 2 amide bonds. The summed E-state index contributed by atoms with van der Waals surface area (Å²) in [6.07, 6.45) is 0. The van der Waals surface area contributed by atoms with Crippen LogP contribution in [0.3, 0.4) is 0 Å². The first-order chi connectivity index (χ1) is 5.94. The SMILES string of the molecule is C[N+](C)(C(N)=O)c1ccc(Cl)cc1. The van der Waals surface area contributed by atoms with Crippen LogP contribution in [0.5, 0.6) is 0 Å². The molecule has 70 valence electrons. The number of halogens is 1. The molecule has 1 aromatic carbocycles. The first-order valence-electron chi connectivity index (χ1n) is 3.84. The van der Waals surface area contributed by atoms with E-state index in [1.807, 2.05) is 0 Å². The molecule has 0 unspecified atom stereocenters. The highest BCUT2D eigenvalue weighted by molar-refractivity contribution is 6.30. The fraction of sp³-hybridized carbons (Fsp3) is 0.222. The van der Waals surface area contributed by atoms with Crippen molar-refractivity contribution in [3.05, 3.63) is 29.3 Å². The van der Waals surface area contributed by atoms with Crippen LogP contribution in [0.4, 0.5) is 10.5 Å². The molecule has 0 aromatic heterocycles. The molecule has 4 heteroatoms. The standard InChI is InChI=1S/C9H11ClN2O/c1-12(2,9(11)13)8-5-3-7(10)4-6-8/h3-6H,1-2H3,(H-,11,13)/p+1. The van der Waals surface area contributed by atoms with Crippen molar-refractivity contribution in [1.82, 2.24) is 4.48 Å². The Morgan fingerprint density at radius 1 is 1.31 bits per heavy atom. The average Bonchev–Trinajstić information content (AvgIpc) is 2.04. The Kier molecular flexibility index (Phi) is 2.59.